The number of nitrogens with zero attached hydrogens (tertiary/aromatic N) is 4. The third-order valence-corrected chi connectivity index (χ3v) is 3.96. The van der Waals surface area contributed by atoms with E-state index in [2.05, 4.69) is 9.97 Å². The van der Waals surface area contributed by atoms with Crippen molar-refractivity contribution in [3.63, 3.8) is 0 Å². The van der Waals surface area contributed by atoms with Crippen molar-refractivity contribution >= 4 is 12.0 Å². The van der Waals surface area contributed by atoms with Gasteiger partial charge in [-0.25, -0.2) is 9.97 Å². The van der Waals surface area contributed by atoms with Gasteiger partial charge in [0.05, 0.1) is 6.54 Å². The topological polar surface area (TPSA) is 79.1 Å². The highest BCUT2D eigenvalue weighted by Crippen LogP contribution is 2.19. The number of aromatic nitrogens is 2. The van der Waals surface area contributed by atoms with Gasteiger partial charge < -0.3 is 9.64 Å². The Morgan fingerprint density at radius 1 is 1.28 bits per heavy atom. The number of rotatable bonds is 4. The monoisotopic (exact) mass is 334 g/mol. The second-order valence-electron chi connectivity index (χ2n) is 5.73. The Morgan fingerprint density at radius 3 is 2.88 bits per heavy atom. The summed E-state index contributed by atoms with van der Waals surface area (Å²) in [6.07, 6.45) is 7.81. The van der Waals surface area contributed by atoms with Crippen LogP contribution < -0.4 is 4.74 Å². The van der Waals surface area contributed by atoms with Crippen molar-refractivity contribution in [3.8, 4) is 11.9 Å². The molecule has 25 heavy (non-hydrogen) atoms. The minimum Gasteiger partial charge on any atom is -0.470 e. The van der Waals surface area contributed by atoms with Crippen LogP contribution in [0.1, 0.15) is 24.1 Å². The summed E-state index contributed by atoms with van der Waals surface area (Å²) >= 11 is 0. The van der Waals surface area contributed by atoms with Gasteiger partial charge in [-0.05, 0) is 24.5 Å². The second kappa shape index (κ2) is 8.06. The van der Waals surface area contributed by atoms with Crippen molar-refractivity contribution in [1.29, 1.82) is 5.26 Å². The number of likely N-dealkylation sites (tertiary alicyclic amines) is 1. The zero-order valence-electron chi connectivity index (χ0n) is 13.7. The highest BCUT2D eigenvalue weighted by molar-refractivity contribution is 5.91. The molecule has 0 radical (unpaired) electrons. The molecule has 0 aliphatic carbocycles. The number of carbonyl (C=O) groups is 1. The molecule has 126 valence electrons. The van der Waals surface area contributed by atoms with Gasteiger partial charge in [0.2, 0.25) is 11.6 Å². The van der Waals surface area contributed by atoms with Gasteiger partial charge in [0.15, 0.2) is 0 Å². The van der Waals surface area contributed by atoms with Gasteiger partial charge in [0.1, 0.15) is 12.2 Å². The number of amides is 1. The number of hydrogen-bond donors (Lipinski definition) is 0. The first-order chi connectivity index (χ1) is 12.3. The molecule has 1 fully saturated rings. The van der Waals surface area contributed by atoms with Crippen LogP contribution in [0.3, 0.4) is 0 Å². The molecular formula is C19H18N4O2. The van der Waals surface area contributed by atoms with Crippen LogP contribution in [-0.2, 0) is 4.79 Å². The molecule has 2 aromatic rings. The lowest BCUT2D eigenvalue weighted by molar-refractivity contribution is -0.128. The molecule has 1 amide bonds. The molecule has 0 N–H and O–H groups in total. The van der Waals surface area contributed by atoms with Crippen LogP contribution in [0.25, 0.3) is 6.08 Å². The van der Waals surface area contributed by atoms with Crippen LogP contribution in [0.4, 0.5) is 0 Å². The Labute approximate surface area is 146 Å². The third-order valence-electron chi connectivity index (χ3n) is 3.96. The van der Waals surface area contributed by atoms with Crippen molar-refractivity contribution < 1.29 is 9.53 Å². The van der Waals surface area contributed by atoms with Gasteiger partial charge in [-0.1, -0.05) is 30.3 Å². The van der Waals surface area contributed by atoms with E-state index in [-0.39, 0.29) is 23.6 Å². The Hall–Kier alpha value is -3.20. The normalized spacial score (nSPS) is 17.2. The van der Waals surface area contributed by atoms with Crippen molar-refractivity contribution in [1.82, 2.24) is 14.9 Å². The molecule has 3 rings (SSSR count). The van der Waals surface area contributed by atoms with Crippen LogP contribution in [-0.4, -0.2) is 40.0 Å². The maximum absolute atomic E-state index is 12.4. The lowest BCUT2D eigenvalue weighted by Gasteiger charge is -2.32. The third kappa shape index (κ3) is 4.42. The highest BCUT2D eigenvalue weighted by atomic mass is 16.5. The average molecular weight is 334 g/mol. The molecule has 0 saturated carbocycles. The van der Waals surface area contributed by atoms with Crippen LogP contribution in [0.5, 0.6) is 5.88 Å². The maximum Gasteiger partial charge on any atom is 0.251 e. The molecule has 0 bridgehead atoms. The van der Waals surface area contributed by atoms with Gasteiger partial charge in [-0.2, -0.15) is 5.26 Å². The zero-order valence-corrected chi connectivity index (χ0v) is 13.7. The summed E-state index contributed by atoms with van der Waals surface area (Å²) in [6.45, 7) is 1.17. The second-order valence-corrected chi connectivity index (χ2v) is 5.73. The van der Waals surface area contributed by atoms with E-state index in [0.29, 0.717) is 13.1 Å². The summed E-state index contributed by atoms with van der Waals surface area (Å²) in [6, 6.07) is 11.7. The van der Waals surface area contributed by atoms with Crippen molar-refractivity contribution in [3.05, 3.63) is 60.1 Å². The Bertz CT molecular complexity index is 799. The fourth-order valence-corrected chi connectivity index (χ4v) is 2.72. The molecule has 1 aliphatic heterocycles. The number of hydrogen-bond acceptors (Lipinski definition) is 5. The number of benzene rings is 1. The molecule has 1 aliphatic rings. The number of nitriles is 1. The lowest BCUT2D eigenvalue weighted by Crippen LogP contribution is -2.43. The van der Waals surface area contributed by atoms with Gasteiger partial charge in [0.25, 0.3) is 5.88 Å². The molecule has 6 nitrogen and oxygen atoms in total. The first-order valence-electron chi connectivity index (χ1n) is 8.16. The molecule has 1 saturated heterocycles. The van der Waals surface area contributed by atoms with Gasteiger partial charge in [0, 0.05) is 25.0 Å². The molecule has 1 unspecified atom stereocenters. The molecular weight excluding hydrogens is 316 g/mol. The first kappa shape index (κ1) is 16.7. The van der Waals surface area contributed by atoms with E-state index < -0.39 is 0 Å². The van der Waals surface area contributed by atoms with Crippen LogP contribution in [0.2, 0.25) is 0 Å². The fourth-order valence-electron chi connectivity index (χ4n) is 2.72. The lowest BCUT2D eigenvalue weighted by atomic mass is 10.1. The molecule has 1 aromatic carbocycles. The van der Waals surface area contributed by atoms with Crippen LogP contribution in [0.15, 0.2) is 48.8 Å². The SMILES string of the molecule is N#Cc1nccnc1OC1CCCN(C(=O)/C=C/c2ccccc2)C1. The number of ether oxygens (including phenoxy) is 1. The van der Waals surface area contributed by atoms with E-state index in [4.69, 9.17) is 10.00 Å². The summed E-state index contributed by atoms with van der Waals surface area (Å²) in [7, 11) is 0. The summed E-state index contributed by atoms with van der Waals surface area (Å²) < 4.78 is 5.81. The predicted molar refractivity (Wildman–Crippen MR) is 92.5 cm³/mol. The van der Waals surface area contributed by atoms with E-state index in [1.54, 1.807) is 11.0 Å². The Balaban J connectivity index is 1.62. The quantitative estimate of drug-likeness (QED) is 0.802. The standard InChI is InChI=1S/C19H18N4O2/c20-13-17-19(22-11-10-21-17)25-16-7-4-12-23(14-16)18(24)9-8-15-5-2-1-3-6-15/h1-3,5-6,8-11,16H,4,7,12,14H2/b9-8+. The Morgan fingerprint density at radius 2 is 2.08 bits per heavy atom. The average Bonchev–Trinajstić information content (AvgIpc) is 2.67. The fraction of sp³-hybridized carbons (Fsp3) is 0.263. The summed E-state index contributed by atoms with van der Waals surface area (Å²) in [5.41, 5.74) is 1.15. The summed E-state index contributed by atoms with van der Waals surface area (Å²) in [4.78, 5) is 22.2. The van der Waals surface area contributed by atoms with Crippen LogP contribution in [0, 0.1) is 11.3 Å². The van der Waals surface area contributed by atoms with Crippen molar-refractivity contribution in [2.75, 3.05) is 13.1 Å². The molecule has 6 heteroatoms. The summed E-state index contributed by atoms with van der Waals surface area (Å²) in [5, 5.41) is 9.06. The van der Waals surface area contributed by atoms with Gasteiger partial charge >= 0.3 is 0 Å². The molecule has 0 spiro atoms. The van der Waals surface area contributed by atoms with Gasteiger partial charge in [-0.3, -0.25) is 4.79 Å². The Kier molecular flexibility index (Phi) is 5.37. The smallest absolute Gasteiger partial charge is 0.251 e. The van der Waals surface area contributed by atoms with E-state index in [1.165, 1.54) is 12.4 Å². The maximum atomic E-state index is 12.4. The minimum absolute atomic E-state index is 0.0446. The number of piperidine rings is 1. The van der Waals surface area contributed by atoms with Crippen molar-refractivity contribution in [2.45, 2.75) is 18.9 Å². The highest BCUT2D eigenvalue weighted by Gasteiger charge is 2.25. The minimum atomic E-state index is -0.188. The van der Waals surface area contributed by atoms with E-state index in [0.717, 1.165) is 18.4 Å². The number of carbonyl (C=O) groups excluding carboxylic acids is 1. The van der Waals surface area contributed by atoms with E-state index >= 15 is 0 Å². The zero-order chi connectivity index (χ0) is 17.5. The summed E-state index contributed by atoms with van der Waals surface area (Å²) in [5.74, 6) is 0.181. The van der Waals surface area contributed by atoms with Crippen molar-refractivity contribution in [2.24, 2.45) is 0 Å². The van der Waals surface area contributed by atoms with Crippen LogP contribution >= 0.6 is 0 Å². The predicted octanol–water partition coefficient (Wildman–Crippen LogP) is 2.43. The van der Waals surface area contributed by atoms with E-state index in [1.807, 2.05) is 42.5 Å². The largest absolute Gasteiger partial charge is 0.470 e. The first-order valence-corrected chi connectivity index (χ1v) is 8.16. The molecule has 2 heterocycles. The molecule has 1 atom stereocenters. The van der Waals surface area contributed by atoms with Gasteiger partial charge in [-0.15, -0.1) is 0 Å². The van der Waals surface area contributed by atoms with E-state index in [9.17, 15) is 4.79 Å². The molecule has 1 aromatic heterocycles.